The number of rotatable bonds is 2. The van der Waals surface area contributed by atoms with Gasteiger partial charge in [-0.3, -0.25) is 4.79 Å². The molecule has 114 valence electrons. The molecule has 0 atom stereocenters. The summed E-state index contributed by atoms with van der Waals surface area (Å²) < 4.78 is 6.71. The fourth-order valence-corrected chi connectivity index (χ4v) is 2.58. The van der Waals surface area contributed by atoms with Crippen LogP contribution in [0.15, 0.2) is 41.2 Å². The van der Waals surface area contributed by atoms with Gasteiger partial charge in [0.2, 0.25) is 0 Å². The Bertz CT molecular complexity index is 1050. The van der Waals surface area contributed by atoms with Gasteiger partial charge in [-0.1, -0.05) is 5.16 Å². The number of benzene rings is 1. The van der Waals surface area contributed by atoms with Crippen molar-refractivity contribution in [2.24, 2.45) is 0 Å². The van der Waals surface area contributed by atoms with E-state index in [9.17, 15) is 4.79 Å². The molecule has 0 aliphatic heterocycles. The van der Waals surface area contributed by atoms with Crippen LogP contribution in [0.4, 0.5) is 5.69 Å². The van der Waals surface area contributed by atoms with E-state index in [0.717, 1.165) is 16.8 Å². The maximum absolute atomic E-state index is 12.5. The molecule has 3 aromatic heterocycles. The molecule has 1 amide bonds. The number of hydrogen-bond acceptors (Lipinski definition) is 5. The first-order valence-electron chi connectivity index (χ1n) is 7.09. The lowest BCUT2D eigenvalue weighted by molar-refractivity contribution is 0.102. The molecule has 0 spiro atoms. The zero-order valence-electron chi connectivity index (χ0n) is 12.6. The zero-order chi connectivity index (χ0) is 16.0. The predicted octanol–water partition coefficient (Wildman–Crippen LogP) is 2.74. The third-order valence-electron chi connectivity index (χ3n) is 3.63. The molecule has 0 radical (unpaired) electrons. The number of aryl methyl sites for hydroxylation is 2. The average molecular weight is 307 g/mol. The number of anilines is 1. The van der Waals surface area contributed by atoms with Crippen LogP contribution in [0.2, 0.25) is 0 Å². The molecule has 0 saturated carbocycles. The maximum Gasteiger partial charge on any atom is 0.261 e. The predicted molar refractivity (Wildman–Crippen MR) is 84.4 cm³/mol. The molecule has 0 aliphatic rings. The summed E-state index contributed by atoms with van der Waals surface area (Å²) in [5.41, 5.74) is 4.09. The molecule has 3 heterocycles. The Morgan fingerprint density at radius 1 is 1.22 bits per heavy atom. The van der Waals surface area contributed by atoms with Crippen molar-refractivity contribution >= 4 is 28.2 Å². The molecular formula is C16H13N5O2. The Morgan fingerprint density at radius 2 is 2.09 bits per heavy atom. The lowest BCUT2D eigenvalue weighted by Crippen LogP contribution is -2.12. The number of fused-ring (bicyclic) bond motifs is 2. The SMILES string of the molecule is Cc1cc(C)n2ncc(C(=O)Nc3ccc4oncc4c3)c2n1. The fourth-order valence-electron chi connectivity index (χ4n) is 2.58. The van der Waals surface area contributed by atoms with Gasteiger partial charge in [-0.25, -0.2) is 9.50 Å². The minimum atomic E-state index is -0.256. The molecule has 4 rings (SSSR count). The molecule has 0 aliphatic carbocycles. The minimum absolute atomic E-state index is 0.256. The molecule has 1 aromatic carbocycles. The molecule has 23 heavy (non-hydrogen) atoms. The van der Waals surface area contributed by atoms with Gasteiger partial charge >= 0.3 is 0 Å². The van der Waals surface area contributed by atoms with Gasteiger partial charge in [0.1, 0.15) is 5.56 Å². The molecule has 1 N–H and O–H groups in total. The average Bonchev–Trinajstić information content (AvgIpc) is 3.12. The van der Waals surface area contributed by atoms with Crippen LogP contribution in [-0.4, -0.2) is 25.7 Å². The number of carbonyl (C=O) groups is 1. The van der Waals surface area contributed by atoms with E-state index in [1.165, 1.54) is 6.20 Å². The Kier molecular flexibility index (Phi) is 2.87. The molecular weight excluding hydrogens is 294 g/mol. The van der Waals surface area contributed by atoms with E-state index in [4.69, 9.17) is 4.52 Å². The Labute approximate surface area is 130 Å². The highest BCUT2D eigenvalue weighted by molar-refractivity contribution is 6.08. The molecule has 0 fully saturated rings. The third kappa shape index (κ3) is 2.22. The quantitative estimate of drug-likeness (QED) is 0.615. The standard InChI is InChI=1S/C16H13N5O2/c1-9-5-10(2)21-15(19-9)13(8-17-21)16(22)20-12-3-4-14-11(6-12)7-18-23-14/h3-8H,1-2H3,(H,20,22). The van der Waals surface area contributed by atoms with Crippen molar-refractivity contribution in [3.05, 3.63) is 53.6 Å². The Morgan fingerprint density at radius 3 is 2.96 bits per heavy atom. The van der Waals surface area contributed by atoms with Crippen LogP contribution >= 0.6 is 0 Å². The van der Waals surface area contributed by atoms with Gasteiger partial charge in [0.15, 0.2) is 11.2 Å². The van der Waals surface area contributed by atoms with E-state index in [-0.39, 0.29) is 5.91 Å². The van der Waals surface area contributed by atoms with Crippen LogP contribution in [0.25, 0.3) is 16.6 Å². The van der Waals surface area contributed by atoms with E-state index < -0.39 is 0 Å². The van der Waals surface area contributed by atoms with Gasteiger partial charge in [-0.05, 0) is 38.1 Å². The van der Waals surface area contributed by atoms with E-state index in [1.807, 2.05) is 19.9 Å². The largest absolute Gasteiger partial charge is 0.356 e. The number of hydrogen-bond donors (Lipinski definition) is 1. The number of nitrogens with zero attached hydrogens (tertiary/aromatic N) is 4. The number of aromatic nitrogens is 4. The van der Waals surface area contributed by atoms with E-state index in [0.29, 0.717) is 22.5 Å². The fraction of sp³-hybridized carbons (Fsp3) is 0.125. The molecule has 7 nitrogen and oxygen atoms in total. The molecule has 0 unspecified atom stereocenters. The highest BCUT2D eigenvalue weighted by atomic mass is 16.5. The molecule has 4 aromatic rings. The summed E-state index contributed by atoms with van der Waals surface area (Å²) in [6.45, 7) is 3.82. The lowest BCUT2D eigenvalue weighted by atomic mass is 10.2. The third-order valence-corrected chi connectivity index (χ3v) is 3.63. The summed E-state index contributed by atoms with van der Waals surface area (Å²) in [6, 6.07) is 7.25. The van der Waals surface area contributed by atoms with Gasteiger partial charge in [-0.15, -0.1) is 0 Å². The van der Waals surface area contributed by atoms with Crippen molar-refractivity contribution in [2.75, 3.05) is 5.32 Å². The lowest BCUT2D eigenvalue weighted by Gasteiger charge is -2.05. The van der Waals surface area contributed by atoms with Crippen molar-refractivity contribution in [3.63, 3.8) is 0 Å². The smallest absolute Gasteiger partial charge is 0.261 e. The van der Waals surface area contributed by atoms with Gasteiger partial charge in [0.25, 0.3) is 5.91 Å². The van der Waals surface area contributed by atoms with Gasteiger partial charge < -0.3 is 9.84 Å². The van der Waals surface area contributed by atoms with Crippen molar-refractivity contribution in [2.45, 2.75) is 13.8 Å². The second-order valence-corrected chi connectivity index (χ2v) is 5.37. The highest BCUT2D eigenvalue weighted by Gasteiger charge is 2.16. The summed E-state index contributed by atoms with van der Waals surface area (Å²) in [5, 5.41) is 11.6. The second-order valence-electron chi connectivity index (χ2n) is 5.37. The van der Waals surface area contributed by atoms with Crippen molar-refractivity contribution < 1.29 is 9.32 Å². The summed E-state index contributed by atoms with van der Waals surface area (Å²) >= 11 is 0. The van der Waals surface area contributed by atoms with E-state index in [1.54, 1.807) is 28.9 Å². The van der Waals surface area contributed by atoms with Crippen molar-refractivity contribution in [1.29, 1.82) is 0 Å². The number of amides is 1. The maximum atomic E-state index is 12.5. The molecule has 7 heteroatoms. The number of nitrogens with one attached hydrogen (secondary N) is 1. The monoisotopic (exact) mass is 307 g/mol. The van der Waals surface area contributed by atoms with Crippen molar-refractivity contribution in [1.82, 2.24) is 19.8 Å². The Balaban J connectivity index is 1.71. The zero-order valence-corrected chi connectivity index (χ0v) is 12.6. The van der Waals surface area contributed by atoms with E-state index >= 15 is 0 Å². The summed E-state index contributed by atoms with van der Waals surface area (Å²) in [4.78, 5) is 17.0. The van der Waals surface area contributed by atoms with Crippen LogP contribution in [0.3, 0.4) is 0 Å². The molecule has 0 saturated heterocycles. The normalized spacial score (nSPS) is 11.2. The van der Waals surface area contributed by atoms with Gasteiger partial charge in [0, 0.05) is 22.5 Å². The second kappa shape index (κ2) is 4.91. The first-order chi connectivity index (χ1) is 11.1. The van der Waals surface area contributed by atoms with Crippen LogP contribution < -0.4 is 5.32 Å². The van der Waals surface area contributed by atoms with Crippen LogP contribution in [-0.2, 0) is 0 Å². The minimum Gasteiger partial charge on any atom is -0.356 e. The first-order valence-corrected chi connectivity index (χ1v) is 7.09. The van der Waals surface area contributed by atoms with Crippen LogP contribution in [0, 0.1) is 13.8 Å². The number of carbonyl (C=O) groups excluding carboxylic acids is 1. The summed E-state index contributed by atoms with van der Waals surface area (Å²) in [6.07, 6.45) is 3.14. The van der Waals surface area contributed by atoms with Crippen LogP contribution in [0.5, 0.6) is 0 Å². The topological polar surface area (TPSA) is 85.3 Å². The first kappa shape index (κ1) is 13.4. The summed E-state index contributed by atoms with van der Waals surface area (Å²) in [7, 11) is 0. The van der Waals surface area contributed by atoms with E-state index in [2.05, 4.69) is 20.6 Å². The highest BCUT2D eigenvalue weighted by Crippen LogP contribution is 2.20. The van der Waals surface area contributed by atoms with Gasteiger partial charge in [-0.2, -0.15) is 5.10 Å². The van der Waals surface area contributed by atoms with Crippen LogP contribution in [0.1, 0.15) is 21.7 Å². The van der Waals surface area contributed by atoms with Gasteiger partial charge in [0.05, 0.1) is 12.4 Å². The van der Waals surface area contributed by atoms with Crippen molar-refractivity contribution in [3.8, 4) is 0 Å². The Hall–Kier alpha value is -3.22. The molecule has 0 bridgehead atoms. The summed E-state index contributed by atoms with van der Waals surface area (Å²) in [5.74, 6) is -0.256.